The molecule has 0 spiro atoms. The lowest BCUT2D eigenvalue weighted by molar-refractivity contribution is -0.153. The molecule has 1 heterocycles. The Bertz CT molecular complexity index is 1350. The topological polar surface area (TPSA) is 150 Å². The zero-order valence-corrected chi connectivity index (χ0v) is 18.3. The molecule has 0 fully saturated rings. The molecule has 0 bridgehead atoms. The van der Waals surface area contributed by atoms with E-state index in [4.69, 9.17) is 9.88 Å². The van der Waals surface area contributed by atoms with Crippen LogP contribution in [0.25, 0.3) is 10.9 Å². The first-order valence-electron chi connectivity index (χ1n) is 9.64. The van der Waals surface area contributed by atoms with E-state index in [1.807, 2.05) is 0 Å². The summed E-state index contributed by atoms with van der Waals surface area (Å²) in [6, 6.07) is 12.3. The van der Waals surface area contributed by atoms with Crippen molar-refractivity contribution in [3.8, 4) is 0 Å². The smallest absolute Gasteiger partial charge is 0.307 e. The molecule has 32 heavy (non-hydrogen) atoms. The Labute approximate surface area is 184 Å². The Morgan fingerprint density at radius 1 is 1.19 bits per heavy atom. The van der Waals surface area contributed by atoms with Crippen LogP contribution in [0.1, 0.15) is 19.2 Å². The lowest BCUT2D eigenvalue weighted by atomic mass is 10.2. The van der Waals surface area contributed by atoms with E-state index < -0.39 is 28.0 Å². The van der Waals surface area contributed by atoms with Crippen molar-refractivity contribution in [2.75, 3.05) is 5.32 Å². The molecule has 3 rings (SSSR count). The summed E-state index contributed by atoms with van der Waals surface area (Å²) in [6.45, 7) is 1.39. The molecular weight excluding hydrogens is 436 g/mol. The maximum Gasteiger partial charge on any atom is 0.307 e. The zero-order valence-electron chi connectivity index (χ0n) is 17.4. The number of nitrogens with two attached hydrogens (primary N) is 1. The van der Waals surface area contributed by atoms with E-state index in [1.165, 1.54) is 35.8 Å². The standard InChI is InChI=1S/C21H22N4O6S/c1-13(20(27)23-14-6-5-7-15(12-14)32(22,29)30)31-19(26)11-10-18-24-17-9-4-3-8-16(17)21(28)25(18)2/h3-9,12-13H,10-11H2,1-2H3,(H,23,27)(H2,22,29,30). The number of hydrogen-bond donors (Lipinski definition) is 2. The highest BCUT2D eigenvalue weighted by molar-refractivity contribution is 7.89. The second-order valence-electron chi connectivity index (χ2n) is 7.10. The van der Waals surface area contributed by atoms with E-state index in [0.29, 0.717) is 16.7 Å². The molecule has 0 aliphatic rings. The molecule has 0 aliphatic heterocycles. The minimum absolute atomic E-state index is 0.0862. The lowest BCUT2D eigenvalue weighted by Gasteiger charge is -2.14. The minimum Gasteiger partial charge on any atom is -0.453 e. The van der Waals surface area contributed by atoms with Gasteiger partial charge in [0.25, 0.3) is 11.5 Å². The van der Waals surface area contributed by atoms with Crippen molar-refractivity contribution in [2.45, 2.75) is 30.8 Å². The Hall–Kier alpha value is -3.57. The number of carbonyl (C=O) groups is 2. The van der Waals surface area contributed by atoms with Crippen molar-refractivity contribution in [3.05, 3.63) is 64.7 Å². The van der Waals surface area contributed by atoms with Crippen LogP contribution in [0.2, 0.25) is 0 Å². The molecule has 0 aliphatic carbocycles. The fourth-order valence-corrected chi connectivity index (χ4v) is 3.57. The highest BCUT2D eigenvalue weighted by Gasteiger charge is 2.19. The molecule has 168 valence electrons. The molecule has 1 aromatic heterocycles. The third kappa shape index (κ3) is 5.37. The first kappa shape index (κ1) is 23.1. The van der Waals surface area contributed by atoms with Crippen LogP contribution in [0, 0.1) is 0 Å². The van der Waals surface area contributed by atoms with Gasteiger partial charge in [-0.1, -0.05) is 18.2 Å². The third-order valence-electron chi connectivity index (χ3n) is 4.74. The highest BCUT2D eigenvalue weighted by Crippen LogP contribution is 2.15. The van der Waals surface area contributed by atoms with Crippen LogP contribution in [0.4, 0.5) is 5.69 Å². The van der Waals surface area contributed by atoms with Crippen LogP contribution in [0.15, 0.2) is 58.2 Å². The number of hydrogen-bond acceptors (Lipinski definition) is 7. The minimum atomic E-state index is -3.92. The van der Waals surface area contributed by atoms with Crippen LogP contribution in [-0.4, -0.2) is 35.9 Å². The Kier molecular flexibility index (Phi) is 6.70. The molecular formula is C21H22N4O6S. The number of benzene rings is 2. The summed E-state index contributed by atoms with van der Waals surface area (Å²) in [5, 5.41) is 8.04. The van der Waals surface area contributed by atoms with Crippen LogP contribution < -0.4 is 16.0 Å². The molecule has 1 atom stereocenters. The van der Waals surface area contributed by atoms with Gasteiger partial charge in [0, 0.05) is 19.2 Å². The van der Waals surface area contributed by atoms with Gasteiger partial charge in [0.2, 0.25) is 10.0 Å². The number of anilines is 1. The largest absolute Gasteiger partial charge is 0.453 e. The van der Waals surface area contributed by atoms with Gasteiger partial charge in [-0.05, 0) is 37.3 Å². The van der Waals surface area contributed by atoms with Gasteiger partial charge in [0.15, 0.2) is 6.10 Å². The van der Waals surface area contributed by atoms with Crippen molar-refractivity contribution in [2.24, 2.45) is 12.2 Å². The second-order valence-corrected chi connectivity index (χ2v) is 8.66. The number of amides is 1. The van der Waals surface area contributed by atoms with Crippen molar-refractivity contribution >= 4 is 38.5 Å². The van der Waals surface area contributed by atoms with Crippen molar-refractivity contribution < 1.29 is 22.7 Å². The lowest BCUT2D eigenvalue weighted by Crippen LogP contribution is -2.30. The predicted octanol–water partition coefficient (Wildman–Crippen LogP) is 1.08. The number of para-hydroxylation sites is 1. The van der Waals surface area contributed by atoms with Crippen molar-refractivity contribution in [3.63, 3.8) is 0 Å². The second kappa shape index (κ2) is 9.28. The fraction of sp³-hybridized carbons (Fsp3) is 0.238. The Balaban J connectivity index is 1.60. The quantitative estimate of drug-likeness (QED) is 0.503. The molecule has 0 saturated carbocycles. The summed E-state index contributed by atoms with van der Waals surface area (Å²) < 4.78 is 29.4. The van der Waals surface area contributed by atoms with E-state index in [9.17, 15) is 22.8 Å². The Morgan fingerprint density at radius 2 is 1.91 bits per heavy atom. The number of nitrogens with one attached hydrogen (secondary N) is 1. The van der Waals surface area contributed by atoms with Gasteiger partial charge >= 0.3 is 5.97 Å². The van der Waals surface area contributed by atoms with Crippen molar-refractivity contribution in [1.82, 2.24) is 9.55 Å². The summed E-state index contributed by atoms with van der Waals surface area (Å²) >= 11 is 0. The maximum absolute atomic E-state index is 12.4. The molecule has 0 saturated heterocycles. The number of nitrogens with zero attached hydrogens (tertiary/aromatic N) is 2. The van der Waals surface area contributed by atoms with Crippen LogP contribution >= 0.6 is 0 Å². The van der Waals surface area contributed by atoms with Gasteiger partial charge < -0.3 is 10.1 Å². The van der Waals surface area contributed by atoms with Gasteiger partial charge in [-0.2, -0.15) is 0 Å². The highest BCUT2D eigenvalue weighted by atomic mass is 32.2. The summed E-state index contributed by atoms with van der Waals surface area (Å²) in [4.78, 5) is 41.2. The number of aryl methyl sites for hydroxylation is 1. The normalized spacial score (nSPS) is 12.3. The van der Waals surface area contributed by atoms with Gasteiger partial charge in [-0.3, -0.25) is 19.0 Å². The maximum atomic E-state index is 12.4. The number of fused-ring (bicyclic) bond motifs is 1. The van der Waals surface area contributed by atoms with E-state index in [0.717, 1.165) is 0 Å². The van der Waals surface area contributed by atoms with Crippen LogP contribution in [0.3, 0.4) is 0 Å². The summed E-state index contributed by atoms with van der Waals surface area (Å²) in [6.07, 6.45) is -1.06. The zero-order chi connectivity index (χ0) is 23.5. The number of rotatable bonds is 7. The van der Waals surface area contributed by atoms with Crippen LogP contribution in [0.5, 0.6) is 0 Å². The monoisotopic (exact) mass is 458 g/mol. The average molecular weight is 458 g/mol. The number of sulfonamides is 1. The molecule has 1 amide bonds. The SMILES string of the molecule is CC(OC(=O)CCc1nc2ccccc2c(=O)n1C)C(=O)Nc1cccc(S(N)(=O)=O)c1. The number of carbonyl (C=O) groups excluding carboxylic acids is 2. The number of aromatic nitrogens is 2. The van der Waals surface area contributed by atoms with E-state index >= 15 is 0 Å². The van der Waals surface area contributed by atoms with E-state index in [2.05, 4.69) is 10.3 Å². The van der Waals surface area contributed by atoms with Gasteiger partial charge in [-0.15, -0.1) is 0 Å². The molecule has 11 heteroatoms. The van der Waals surface area contributed by atoms with Gasteiger partial charge in [0.1, 0.15) is 5.82 Å². The summed E-state index contributed by atoms with van der Waals surface area (Å²) in [7, 11) is -2.34. The molecule has 3 aromatic rings. The summed E-state index contributed by atoms with van der Waals surface area (Å²) in [5.74, 6) is -0.864. The predicted molar refractivity (Wildman–Crippen MR) is 117 cm³/mol. The molecule has 0 radical (unpaired) electrons. The average Bonchev–Trinajstić information content (AvgIpc) is 2.75. The first-order valence-corrected chi connectivity index (χ1v) is 11.2. The van der Waals surface area contributed by atoms with E-state index in [-0.39, 0.29) is 29.0 Å². The molecule has 2 aromatic carbocycles. The fourth-order valence-electron chi connectivity index (χ4n) is 3.01. The summed E-state index contributed by atoms with van der Waals surface area (Å²) in [5.41, 5.74) is 0.515. The number of primary sulfonamides is 1. The van der Waals surface area contributed by atoms with Crippen molar-refractivity contribution in [1.29, 1.82) is 0 Å². The number of esters is 1. The number of ether oxygens (including phenoxy) is 1. The first-order chi connectivity index (χ1) is 15.1. The van der Waals surface area contributed by atoms with Gasteiger partial charge in [0.05, 0.1) is 22.2 Å². The van der Waals surface area contributed by atoms with E-state index in [1.54, 1.807) is 31.3 Å². The van der Waals surface area contributed by atoms with Gasteiger partial charge in [-0.25, -0.2) is 18.5 Å². The Morgan fingerprint density at radius 3 is 2.62 bits per heavy atom. The van der Waals surface area contributed by atoms with Crippen LogP contribution in [-0.2, 0) is 37.8 Å². The molecule has 3 N–H and O–H groups in total. The molecule has 1 unspecified atom stereocenters. The molecule has 10 nitrogen and oxygen atoms in total. The third-order valence-corrected chi connectivity index (χ3v) is 5.65.